The van der Waals surface area contributed by atoms with Gasteiger partial charge in [-0.25, -0.2) is 4.79 Å². The molecule has 22 heavy (non-hydrogen) atoms. The van der Waals surface area contributed by atoms with Crippen molar-refractivity contribution in [1.29, 1.82) is 0 Å². The molecule has 0 bridgehead atoms. The molecule has 2 rings (SSSR count). The molecule has 124 valence electrons. The lowest BCUT2D eigenvalue weighted by Crippen LogP contribution is -2.56. The first-order chi connectivity index (χ1) is 10.3. The van der Waals surface area contributed by atoms with Crippen LogP contribution >= 0.6 is 0 Å². The van der Waals surface area contributed by atoms with Crippen molar-refractivity contribution in [2.45, 2.75) is 58.1 Å². The molecule has 0 N–H and O–H groups in total. The van der Waals surface area contributed by atoms with Gasteiger partial charge in [0.25, 0.3) is 0 Å². The number of amides is 2. The summed E-state index contributed by atoms with van der Waals surface area (Å²) < 4.78 is 5.47. The number of likely N-dealkylation sites (tertiary alicyclic amines) is 2. The Labute approximate surface area is 133 Å². The van der Waals surface area contributed by atoms with Crippen LogP contribution in [0, 0.1) is 5.92 Å². The fourth-order valence-electron chi connectivity index (χ4n) is 3.22. The molecule has 0 radical (unpaired) electrons. The van der Waals surface area contributed by atoms with Gasteiger partial charge in [-0.2, -0.15) is 0 Å². The number of carbonyl (C=O) groups is 2. The van der Waals surface area contributed by atoms with E-state index >= 15 is 0 Å². The average molecular weight is 308 g/mol. The summed E-state index contributed by atoms with van der Waals surface area (Å²) >= 11 is 0. The minimum absolute atomic E-state index is 0.0339. The molecule has 0 aromatic heterocycles. The second-order valence-electron chi connectivity index (χ2n) is 7.23. The van der Waals surface area contributed by atoms with Crippen LogP contribution in [0.25, 0.3) is 0 Å². The Morgan fingerprint density at radius 3 is 2.64 bits per heavy atom. The van der Waals surface area contributed by atoms with Gasteiger partial charge in [-0.3, -0.25) is 4.79 Å². The Balaban J connectivity index is 2.07. The molecule has 5 heteroatoms. The van der Waals surface area contributed by atoms with Crippen molar-refractivity contribution in [3.63, 3.8) is 0 Å². The van der Waals surface area contributed by atoms with E-state index in [1.807, 2.05) is 31.7 Å². The Hall–Kier alpha value is -1.52. The number of ether oxygens (including phenoxy) is 1. The molecular formula is C17H28N2O3. The van der Waals surface area contributed by atoms with Gasteiger partial charge in [-0.15, -0.1) is 6.58 Å². The van der Waals surface area contributed by atoms with E-state index in [1.54, 1.807) is 4.90 Å². The molecule has 2 aliphatic rings. The van der Waals surface area contributed by atoms with Gasteiger partial charge in [-0.1, -0.05) is 6.08 Å². The summed E-state index contributed by atoms with van der Waals surface area (Å²) in [4.78, 5) is 28.2. The number of nitrogens with zero attached hydrogens (tertiary/aromatic N) is 2. The molecule has 0 saturated carbocycles. The maximum atomic E-state index is 12.3. The van der Waals surface area contributed by atoms with E-state index in [2.05, 4.69) is 6.58 Å². The second kappa shape index (κ2) is 6.71. The molecule has 2 amide bonds. The van der Waals surface area contributed by atoms with Crippen molar-refractivity contribution in [3.05, 3.63) is 12.7 Å². The average Bonchev–Trinajstić information content (AvgIpc) is 2.45. The van der Waals surface area contributed by atoms with Crippen molar-refractivity contribution in [2.24, 2.45) is 5.92 Å². The Morgan fingerprint density at radius 2 is 2.05 bits per heavy atom. The van der Waals surface area contributed by atoms with Gasteiger partial charge in [0.15, 0.2) is 0 Å². The summed E-state index contributed by atoms with van der Waals surface area (Å²) in [5, 5.41) is 0. The lowest BCUT2D eigenvalue weighted by atomic mass is 9.89. The van der Waals surface area contributed by atoms with E-state index in [4.69, 9.17) is 4.74 Å². The third kappa shape index (κ3) is 4.02. The van der Waals surface area contributed by atoms with Gasteiger partial charge in [0.05, 0.1) is 6.04 Å². The van der Waals surface area contributed by atoms with Crippen molar-refractivity contribution in [3.8, 4) is 0 Å². The first kappa shape index (κ1) is 16.8. The molecule has 0 aliphatic carbocycles. The molecule has 2 atom stereocenters. The molecule has 2 heterocycles. The Bertz CT molecular complexity index is 442. The summed E-state index contributed by atoms with van der Waals surface area (Å²) in [7, 11) is 0. The molecule has 2 aliphatic heterocycles. The Morgan fingerprint density at radius 1 is 1.32 bits per heavy atom. The number of rotatable bonds is 2. The minimum Gasteiger partial charge on any atom is -0.444 e. The summed E-state index contributed by atoms with van der Waals surface area (Å²) in [6, 6.07) is 0.0339. The smallest absolute Gasteiger partial charge is 0.410 e. The lowest BCUT2D eigenvalue weighted by molar-refractivity contribution is -0.138. The maximum absolute atomic E-state index is 12.3. The zero-order valence-corrected chi connectivity index (χ0v) is 14.0. The highest BCUT2D eigenvalue weighted by Crippen LogP contribution is 2.27. The molecular weight excluding hydrogens is 280 g/mol. The fourth-order valence-corrected chi connectivity index (χ4v) is 3.22. The predicted molar refractivity (Wildman–Crippen MR) is 85.5 cm³/mol. The van der Waals surface area contributed by atoms with E-state index in [-0.39, 0.29) is 24.0 Å². The highest BCUT2D eigenvalue weighted by Gasteiger charge is 2.37. The number of hydrogen-bond donors (Lipinski definition) is 0. The van der Waals surface area contributed by atoms with Gasteiger partial charge in [0.2, 0.25) is 5.91 Å². The second-order valence-corrected chi connectivity index (χ2v) is 7.23. The quantitative estimate of drug-likeness (QED) is 0.737. The number of hydrogen-bond acceptors (Lipinski definition) is 3. The van der Waals surface area contributed by atoms with Crippen LogP contribution in [0.15, 0.2) is 12.7 Å². The first-order valence-corrected chi connectivity index (χ1v) is 8.22. The van der Waals surface area contributed by atoms with E-state index in [9.17, 15) is 9.59 Å². The van der Waals surface area contributed by atoms with Crippen LogP contribution in [0.2, 0.25) is 0 Å². The van der Waals surface area contributed by atoms with E-state index < -0.39 is 5.60 Å². The molecule has 2 fully saturated rings. The van der Waals surface area contributed by atoms with Crippen LogP contribution in [0.3, 0.4) is 0 Å². The minimum atomic E-state index is -0.497. The van der Waals surface area contributed by atoms with Gasteiger partial charge in [0.1, 0.15) is 5.60 Å². The van der Waals surface area contributed by atoms with Crippen molar-refractivity contribution in [2.75, 3.05) is 19.6 Å². The molecule has 0 aromatic rings. The monoisotopic (exact) mass is 308 g/mol. The predicted octanol–water partition coefficient (Wildman–Crippen LogP) is 2.81. The number of carbonyl (C=O) groups excluding carboxylic acids is 2. The highest BCUT2D eigenvalue weighted by atomic mass is 16.6. The van der Waals surface area contributed by atoms with Crippen LogP contribution in [0.5, 0.6) is 0 Å². The SMILES string of the molecule is C=C[C@H]1CCN(C(=O)OC(C)(C)C)C[C@@H]1N1CCCCC1=O. The summed E-state index contributed by atoms with van der Waals surface area (Å²) in [6.07, 6.45) is 5.10. The molecule has 0 unspecified atom stereocenters. The van der Waals surface area contributed by atoms with Crippen LogP contribution in [-0.2, 0) is 9.53 Å². The molecule has 5 nitrogen and oxygen atoms in total. The molecule has 0 spiro atoms. The van der Waals surface area contributed by atoms with Crippen LogP contribution in [0.1, 0.15) is 46.5 Å². The number of piperidine rings is 2. The third-order valence-corrected chi connectivity index (χ3v) is 4.35. The first-order valence-electron chi connectivity index (χ1n) is 8.22. The third-order valence-electron chi connectivity index (χ3n) is 4.35. The highest BCUT2D eigenvalue weighted by molar-refractivity contribution is 5.77. The summed E-state index contributed by atoms with van der Waals surface area (Å²) in [5.74, 6) is 0.454. The summed E-state index contributed by atoms with van der Waals surface area (Å²) in [6.45, 7) is 11.5. The van der Waals surface area contributed by atoms with Crippen molar-refractivity contribution < 1.29 is 14.3 Å². The summed E-state index contributed by atoms with van der Waals surface area (Å²) in [5.41, 5.74) is -0.497. The lowest BCUT2D eigenvalue weighted by Gasteiger charge is -2.44. The van der Waals surface area contributed by atoms with E-state index in [0.29, 0.717) is 19.5 Å². The van der Waals surface area contributed by atoms with E-state index in [0.717, 1.165) is 25.8 Å². The van der Waals surface area contributed by atoms with Crippen molar-refractivity contribution >= 4 is 12.0 Å². The van der Waals surface area contributed by atoms with Crippen LogP contribution in [0.4, 0.5) is 4.79 Å². The fraction of sp³-hybridized carbons (Fsp3) is 0.765. The maximum Gasteiger partial charge on any atom is 0.410 e. The standard InChI is InChI=1S/C17H28N2O3/c1-5-13-9-11-18(16(21)22-17(2,3)4)12-14(13)19-10-7-6-8-15(19)20/h5,13-14H,1,6-12H2,2-4H3/t13-,14-/m0/s1. The van der Waals surface area contributed by atoms with Gasteiger partial charge < -0.3 is 14.5 Å². The largest absolute Gasteiger partial charge is 0.444 e. The van der Waals surface area contributed by atoms with Crippen LogP contribution in [-0.4, -0.2) is 53.1 Å². The Kier molecular flexibility index (Phi) is 5.14. The van der Waals surface area contributed by atoms with Gasteiger partial charge in [-0.05, 0) is 40.0 Å². The molecule has 0 aromatic carbocycles. The van der Waals surface area contributed by atoms with E-state index in [1.165, 1.54) is 0 Å². The van der Waals surface area contributed by atoms with Crippen LogP contribution < -0.4 is 0 Å². The van der Waals surface area contributed by atoms with Gasteiger partial charge >= 0.3 is 6.09 Å². The topological polar surface area (TPSA) is 49.9 Å². The van der Waals surface area contributed by atoms with Crippen molar-refractivity contribution in [1.82, 2.24) is 9.80 Å². The zero-order valence-electron chi connectivity index (χ0n) is 14.0. The molecule has 2 saturated heterocycles. The van der Waals surface area contributed by atoms with Gasteiger partial charge in [0, 0.05) is 32.0 Å². The zero-order chi connectivity index (χ0) is 16.3. The normalized spacial score (nSPS) is 26.8.